The van der Waals surface area contributed by atoms with Crippen LogP contribution >= 0.6 is 0 Å². The van der Waals surface area contributed by atoms with E-state index in [9.17, 15) is 23.1 Å². The SMILES string of the molecule is CCOC(=O)C1=C(N[C@H](CC)C2=CCC=CC=[NH+]2)C(Nc2cccc(C(=O)N(C)C)c2O)=NS1(=O)=O. The first kappa shape index (κ1) is 26.7. The maximum absolute atomic E-state index is 12.9. The van der Waals surface area contributed by atoms with Gasteiger partial charge >= 0.3 is 5.97 Å². The van der Waals surface area contributed by atoms with E-state index in [4.69, 9.17) is 4.74 Å². The summed E-state index contributed by atoms with van der Waals surface area (Å²) < 4.78 is 34.7. The van der Waals surface area contributed by atoms with Gasteiger partial charge < -0.3 is 25.4 Å². The molecule has 0 aromatic heterocycles. The molecule has 11 nitrogen and oxygen atoms in total. The van der Waals surface area contributed by atoms with Crippen molar-refractivity contribution >= 4 is 39.6 Å². The summed E-state index contributed by atoms with van der Waals surface area (Å²) >= 11 is 0. The van der Waals surface area contributed by atoms with Crippen LogP contribution in [0.25, 0.3) is 0 Å². The van der Waals surface area contributed by atoms with Crippen LogP contribution in [0.2, 0.25) is 0 Å². The third-order valence-electron chi connectivity index (χ3n) is 5.38. The van der Waals surface area contributed by atoms with E-state index >= 15 is 0 Å². The number of ether oxygens (including phenoxy) is 1. The maximum atomic E-state index is 12.9. The van der Waals surface area contributed by atoms with Gasteiger partial charge in [-0.2, -0.15) is 8.42 Å². The highest BCUT2D eigenvalue weighted by atomic mass is 32.2. The number of anilines is 1. The quantitative estimate of drug-likeness (QED) is 0.286. The number of hydrogen-bond acceptors (Lipinski definition) is 8. The summed E-state index contributed by atoms with van der Waals surface area (Å²) in [5, 5.41) is 16.6. The highest BCUT2D eigenvalue weighted by molar-refractivity contribution is 7.95. The molecule has 0 aliphatic carbocycles. The first-order valence-corrected chi connectivity index (χ1v) is 12.8. The number of amidine groups is 1. The van der Waals surface area contributed by atoms with Gasteiger partial charge in [-0.3, -0.25) is 4.79 Å². The smallest absolute Gasteiger partial charge is 0.354 e. The van der Waals surface area contributed by atoms with E-state index in [2.05, 4.69) is 20.0 Å². The largest absolute Gasteiger partial charge is 0.505 e. The molecule has 1 aromatic rings. The van der Waals surface area contributed by atoms with E-state index in [1.165, 1.54) is 23.1 Å². The Morgan fingerprint density at radius 2 is 2.03 bits per heavy atom. The number of benzene rings is 1. The number of hydrogen-bond donors (Lipinski definition) is 4. The molecule has 1 amide bonds. The van der Waals surface area contributed by atoms with Crippen LogP contribution < -0.4 is 15.6 Å². The van der Waals surface area contributed by atoms with Crippen LogP contribution in [0.15, 0.2) is 57.1 Å². The number of sulfonamides is 1. The molecule has 12 heteroatoms. The predicted molar refractivity (Wildman–Crippen MR) is 136 cm³/mol. The molecule has 4 N–H and O–H groups in total. The molecule has 0 saturated carbocycles. The van der Waals surface area contributed by atoms with Crippen LogP contribution in [-0.4, -0.2) is 69.1 Å². The highest BCUT2D eigenvalue weighted by Gasteiger charge is 2.40. The Hall–Kier alpha value is -3.93. The molecule has 0 spiro atoms. The molecule has 2 aliphatic heterocycles. The number of amides is 1. The van der Waals surface area contributed by atoms with E-state index in [-0.39, 0.29) is 35.1 Å². The van der Waals surface area contributed by atoms with Gasteiger partial charge in [-0.15, -0.1) is 4.40 Å². The lowest BCUT2D eigenvalue weighted by atomic mass is 10.1. The molecule has 2 aliphatic rings. The van der Waals surface area contributed by atoms with Gasteiger partial charge in [-0.25, -0.2) is 9.79 Å². The Bertz CT molecular complexity index is 1310. The van der Waals surface area contributed by atoms with Crippen molar-refractivity contribution in [1.29, 1.82) is 0 Å². The average Bonchev–Trinajstić information content (AvgIpc) is 2.98. The standard InChI is InChI=1S/C24H29N5O6S/c1-5-16(17-12-8-7-9-14-25-17)26-19-21(24(32)35-6-2)36(33,34)28-22(19)27-18-13-10-11-15(20(18)30)23(31)29(3)4/h7,9-14,16,26,30H,5-6,8H2,1-4H3,(H,27,28)/p+1/t16-/m1/s1. The number of para-hydroxylation sites is 1. The Labute approximate surface area is 210 Å². The normalized spacial score (nSPS) is 17.1. The lowest BCUT2D eigenvalue weighted by molar-refractivity contribution is -0.397. The van der Waals surface area contributed by atoms with Gasteiger partial charge in [0, 0.05) is 14.1 Å². The van der Waals surface area contributed by atoms with E-state index in [0.717, 1.165) is 5.70 Å². The molecule has 192 valence electrons. The zero-order valence-corrected chi connectivity index (χ0v) is 21.3. The number of allylic oxidation sites excluding steroid dienone is 3. The second kappa shape index (κ2) is 11.2. The van der Waals surface area contributed by atoms with Crippen molar-refractivity contribution in [2.24, 2.45) is 4.40 Å². The van der Waals surface area contributed by atoms with Gasteiger partial charge in [-0.05, 0) is 44.1 Å². The molecule has 36 heavy (non-hydrogen) atoms. The molecule has 0 fully saturated rings. The number of aromatic hydroxyl groups is 1. The summed E-state index contributed by atoms with van der Waals surface area (Å²) in [6.07, 6.45) is 8.72. The predicted octanol–water partition coefficient (Wildman–Crippen LogP) is 0.386. The van der Waals surface area contributed by atoms with Crippen molar-refractivity contribution in [2.45, 2.75) is 32.7 Å². The number of nitrogens with one attached hydrogen (secondary N) is 3. The monoisotopic (exact) mass is 516 g/mol. The average molecular weight is 517 g/mol. The van der Waals surface area contributed by atoms with Crippen LogP contribution in [0, 0.1) is 0 Å². The zero-order valence-electron chi connectivity index (χ0n) is 20.5. The van der Waals surface area contributed by atoms with Crippen molar-refractivity contribution in [3.63, 3.8) is 0 Å². The van der Waals surface area contributed by atoms with E-state index in [1.807, 2.05) is 25.2 Å². The maximum Gasteiger partial charge on any atom is 0.354 e. The Morgan fingerprint density at radius 3 is 2.69 bits per heavy atom. The summed E-state index contributed by atoms with van der Waals surface area (Å²) in [5.41, 5.74) is 0.739. The van der Waals surface area contributed by atoms with Crippen molar-refractivity contribution < 1.29 is 32.8 Å². The van der Waals surface area contributed by atoms with Crippen LogP contribution in [0.3, 0.4) is 0 Å². The van der Waals surface area contributed by atoms with E-state index in [0.29, 0.717) is 12.8 Å². The van der Waals surface area contributed by atoms with E-state index < -0.39 is 32.8 Å². The van der Waals surface area contributed by atoms with Crippen LogP contribution in [0.5, 0.6) is 5.75 Å². The second-order valence-corrected chi connectivity index (χ2v) is 9.65. The summed E-state index contributed by atoms with van der Waals surface area (Å²) in [4.78, 5) is 29.0. The first-order chi connectivity index (χ1) is 17.1. The van der Waals surface area contributed by atoms with Crippen LogP contribution in [-0.2, 0) is 19.6 Å². The summed E-state index contributed by atoms with van der Waals surface area (Å²) in [6.45, 7) is 3.43. The fourth-order valence-corrected chi connectivity index (χ4v) is 4.77. The molecule has 3 rings (SSSR count). The van der Waals surface area contributed by atoms with Crippen LogP contribution in [0.4, 0.5) is 5.69 Å². The summed E-state index contributed by atoms with van der Waals surface area (Å²) in [6, 6.07) is 4.03. The molecule has 0 radical (unpaired) electrons. The number of carbonyl (C=O) groups excluding carboxylic acids is 2. The number of phenols is 1. The van der Waals surface area contributed by atoms with E-state index in [1.54, 1.807) is 27.2 Å². The molecular formula is C24H30N5O6S+. The molecule has 0 saturated heterocycles. The van der Waals surface area contributed by atoms with Crippen molar-refractivity contribution in [3.05, 3.63) is 58.3 Å². The second-order valence-electron chi connectivity index (χ2n) is 8.11. The fraction of sp³-hybridized carbons (Fsp3) is 0.333. The molecule has 0 unspecified atom stereocenters. The minimum atomic E-state index is -4.42. The van der Waals surface area contributed by atoms with Gasteiger partial charge in [0.05, 0.1) is 17.9 Å². The lowest BCUT2D eigenvalue weighted by Gasteiger charge is -2.19. The fourth-order valence-electron chi connectivity index (χ4n) is 3.62. The number of rotatable bonds is 8. The molecule has 1 aromatic carbocycles. The first-order valence-electron chi connectivity index (χ1n) is 11.4. The van der Waals surface area contributed by atoms with Gasteiger partial charge in [0.25, 0.3) is 15.9 Å². The molecule has 1 atom stereocenters. The summed E-state index contributed by atoms with van der Waals surface area (Å²) in [7, 11) is -1.34. The topological polar surface area (TPSA) is 151 Å². The Kier molecular flexibility index (Phi) is 8.30. The van der Waals surface area contributed by atoms with Gasteiger partial charge in [0.15, 0.2) is 23.5 Å². The molecular weight excluding hydrogens is 486 g/mol. The lowest BCUT2D eigenvalue weighted by Crippen LogP contribution is -2.70. The molecule has 0 bridgehead atoms. The van der Waals surface area contributed by atoms with Gasteiger partial charge in [-0.1, -0.05) is 19.1 Å². The third-order valence-corrected chi connectivity index (χ3v) is 6.69. The highest BCUT2D eigenvalue weighted by Crippen LogP contribution is 2.31. The minimum Gasteiger partial charge on any atom is -0.505 e. The van der Waals surface area contributed by atoms with Gasteiger partial charge in [0.1, 0.15) is 11.7 Å². The third kappa shape index (κ3) is 5.65. The van der Waals surface area contributed by atoms with Crippen molar-refractivity contribution in [1.82, 2.24) is 10.2 Å². The minimum absolute atomic E-state index is 0.0119. The van der Waals surface area contributed by atoms with Crippen molar-refractivity contribution in [2.75, 3.05) is 26.0 Å². The molecule has 2 heterocycles. The van der Waals surface area contributed by atoms with Crippen LogP contribution in [0.1, 0.15) is 37.0 Å². The Morgan fingerprint density at radius 1 is 1.28 bits per heavy atom. The number of carbonyl (C=O) groups is 2. The van der Waals surface area contributed by atoms with Crippen molar-refractivity contribution in [3.8, 4) is 5.75 Å². The zero-order chi connectivity index (χ0) is 26.5. The van der Waals surface area contributed by atoms with Gasteiger partial charge in [0.2, 0.25) is 4.91 Å². The Balaban J connectivity index is 2.07. The number of phenolic OH excluding ortho intramolecular Hbond substituents is 1. The number of esters is 1. The number of nitrogens with zero attached hydrogens (tertiary/aromatic N) is 2. The summed E-state index contributed by atoms with van der Waals surface area (Å²) in [5.74, 6) is -2.09.